The maximum absolute atomic E-state index is 12.4. The average molecular weight is 385 g/mol. The summed E-state index contributed by atoms with van der Waals surface area (Å²) in [5.41, 5.74) is 2.06. The Morgan fingerprint density at radius 1 is 1.26 bits per heavy atom. The molecule has 0 unspecified atom stereocenters. The summed E-state index contributed by atoms with van der Waals surface area (Å²) in [5, 5.41) is 2.78. The molecule has 27 heavy (non-hydrogen) atoms. The zero-order valence-electron chi connectivity index (χ0n) is 14.5. The number of hydrogen-bond donors (Lipinski definition) is 1. The van der Waals surface area contributed by atoms with Gasteiger partial charge in [-0.05, 0) is 36.8 Å². The highest BCUT2D eigenvalue weighted by Gasteiger charge is 2.29. The lowest BCUT2D eigenvalue weighted by molar-refractivity contribution is 0.0940. The quantitative estimate of drug-likeness (QED) is 0.724. The van der Waals surface area contributed by atoms with Gasteiger partial charge in [0, 0.05) is 24.0 Å². The number of benzene rings is 1. The van der Waals surface area contributed by atoms with E-state index in [0.717, 1.165) is 11.3 Å². The smallest absolute Gasteiger partial charge is 0.251 e. The second-order valence-corrected chi connectivity index (χ2v) is 8.82. The summed E-state index contributed by atoms with van der Waals surface area (Å²) in [4.78, 5) is 16.8. The van der Waals surface area contributed by atoms with Crippen LogP contribution in [-0.4, -0.2) is 41.3 Å². The minimum absolute atomic E-state index is 0.00279. The van der Waals surface area contributed by atoms with Gasteiger partial charge in [-0.3, -0.25) is 4.79 Å². The minimum atomic E-state index is -3.03. The van der Waals surface area contributed by atoms with E-state index in [4.69, 9.17) is 4.74 Å². The number of sulfone groups is 1. The first-order valence-electron chi connectivity index (χ1n) is 8.65. The van der Waals surface area contributed by atoms with Crippen molar-refractivity contribution in [2.45, 2.75) is 19.1 Å². The number of imidazole rings is 1. The fraction of sp³-hybridized carbons (Fsp3) is 0.263. The van der Waals surface area contributed by atoms with Crippen LogP contribution in [-0.2, 0) is 16.4 Å². The molecule has 1 aliphatic heterocycles. The summed E-state index contributed by atoms with van der Waals surface area (Å²) in [6, 6.07) is 12.3. The Hall–Kier alpha value is -2.87. The SMILES string of the molecule is O=C(N[C@@H]1CCS(=O)(=O)C1)c1cccc(OCc2cn3ccccc3n2)c1. The van der Waals surface area contributed by atoms with E-state index in [-0.39, 0.29) is 30.1 Å². The molecule has 1 amide bonds. The zero-order valence-corrected chi connectivity index (χ0v) is 15.4. The molecule has 1 fully saturated rings. The molecule has 0 aliphatic carbocycles. The molecule has 3 aromatic rings. The Balaban J connectivity index is 1.40. The van der Waals surface area contributed by atoms with Gasteiger partial charge in [-0.2, -0.15) is 0 Å². The number of fused-ring (bicyclic) bond motifs is 1. The molecule has 4 rings (SSSR count). The maximum atomic E-state index is 12.4. The van der Waals surface area contributed by atoms with E-state index in [2.05, 4.69) is 10.3 Å². The van der Waals surface area contributed by atoms with Gasteiger partial charge < -0.3 is 14.5 Å². The molecule has 3 heterocycles. The Morgan fingerprint density at radius 3 is 2.93 bits per heavy atom. The third kappa shape index (κ3) is 4.11. The van der Waals surface area contributed by atoms with Crippen molar-refractivity contribution in [2.24, 2.45) is 0 Å². The highest BCUT2D eigenvalue weighted by Crippen LogP contribution is 2.17. The van der Waals surface area contributed by atoms with Crippen LogP contribution in [0.15, 0.2) is 54.9 Å². The number of hydrogen-bond acceptors (Lipinski definition) is 5. The fourth-order valence-corrected chi connectivity index (χ4v) is 4.79. The standard InChI is InChI=1S/C19H19N3O4S/c23-19(21-15-7-9-27(24,25)13-15)14-4-3-5-17(10-14)26-12-16-11-22-8-2-1-6-18(22)20-16/h1-6,8,10-11,15H,7,9,12-13H2,(H,21,23)/t15-/m1/s1. The van der Waals surface area contributed by atoms with Crippen LogP contribution in [0.3, 0.4) is 0 Å². The lowest BCUT2D eigenvalue weighted by Crippen LogP contribution is -2.35. The fourth-order valence-electron chi connectivity index (χ4n) is 3.12. The van der Waals surface area contributed by atoms with Crippen LogP contribution in [0, 0.1) is 0 Å². The van der Waals surface area contributed by atoms with Crippen molar-refractivity contribution >= 4 is 21.4 Å². The predicted molar refractivity (Wildman–Crippen MR) is 100 cm³/mol. The summed E-state index contributed by atoms with van der Waals surface area (Å²) in [7, 11) is -3.03. The molecule has 0 bridgehead atoms. The predicted octanol–water partition coefficient (Wildman–Crippen LogP) is 1.83. The molecule has 1 aliphatic rings. The number of carbonyl (C=O) groups is 1. The molecule has 0 radical (unpaired) electrons. The molecule has 1 saturated heterocycles. The van der Waals surface area contributed by atoms with Crippen LogP contribution in [0.25, 0.3) is 5.65 Å². The normalized spacial score (nSPS) is 18.4. The third-order valence-corrected chi connectivity index (χ3v) is 6.23. The second-order valence-electron chi connectivity index (χ2n) is 6.59. The van der Waals surface area contributed by atoms with E-state index in [1.54, 1.807) is 24.3 Å². The van der Waals surface area contributed by atoms with E-state index in [1.807, 2.05) is 35.0 Å². The van der Waals surface area contributed by atoms with Crippen molar-refractivity contribution in [3.8, 4) is 5.75 Å². The lowest BCUT2D eigenvalue weighted by Gasteiger charge is -2.11. The minimum Gasteiger partial charge on any atom is -0.487 e. The maximum Gasteiger partial charge on any atom is 0.251 e. The topological polar surface area (TPSA) is 89.8 Å². The molecule has 8 heteroatoms. The van der Waals surface area contributed by atoms with E-state index in [9.17, 15) is 13.2 Å². The number of pyridine rings is 1. The number of carbonyl (C=O) groups excluding carboxylic acids is 1. The molecule has 140 valence electrons. The highest BCUT2D eigenvalue weighted by atomic mass is 32.2. The molecular formula is C19H19N3O4S. The van der Waals surface area contributed by atoms with Crippen LogP contribution in [0.2, 0.25) is 0 Å². The first-order chi connectivity index (χ1) is 13.0. The van der Waals surface area contributed by atoms with Crippen molar-refractivity contribution in [3.63, 3.8) is 0 Å². The van der Waals surface area contributed by atoms with Gasteiger partial charge in [0.2, 0.25) is 0 Å². The molecular weight excluding hydrogens is 366 g/mol. The summed E-state index contributed by atoms with van der Waals surface area (Å²) < 4.78 is 30.7. The van der Waals surface area contributed by atoms with Gasteiger partial charge in [-0.1, -0.05) is 12.1 Å². The number of rotatable bonds is 5. The number of nitrogens with zero attached hydrogens (tertiary/aromatic N) is 2. The molecule has 0 spiro atoms. The van der Waals surface area contributed by atoms with Crippen LogP contribution < -0.4 is 10.1 Å². The molecule has 2 aromatic heterocycles. The number of amides is 1. The highest BCUT2D eigenvalue weighted by molar-refractivity contribution is 7.91. The summed E-state index contributed by atoms with van der Waals surface area (Å²) in [6.07, 6.45) is 4.27. The summed E-state index contributed by atoms with van der Waals surface area (Å²) in [6.45, 7) is 0.285. The molecule has 1 atom stereocenters. The summed E-state index contributed by atoms with van der Waals surface area (Å²) in [5.74, 6) is 0.386. The third-order valence-electron chi connectivity index (χ3n) is 4.46. The Kier molecular flexibility index (Phi) is 4.57. The Labute approximate surface area is 156 Å². The molecule has 7 nitrogen and oxygen atoms in total. The largest absolute Gasteiger partial charge is 0.487 e. The molecule has 1 N–H and O–H groups in total. The van der Waals surface area contributed by atoms with Crippen LogP contribution in [0.1, 0.15) is 22.5 Å². The van der Waals surface area contributed by atoms with Gasteiger partial charge >= 0.3 is 0 Å². The van der Waals surface area contributed by atoms with E-state index in [1.165, 1.54) is 0 Å². The molecule has 0 saturated carbocycles. The second kappa shape index (κ2) is 7.03. The van der Waals surface area contributed by atoms with E-state index in [0.29, 0.717) is 17.7 Å². The van der Waals surface area contributed by atoms with Crippen molar-refractivity contribution in [1.82, 2.24) is 14.7 Å². The molecule has 1 aromatic carbocycles. The van der Waals surface area contributed by atoms with Crippen molar-refractivity contribution in [2.75, 3.05) is 11.5 Å². The van der Waals surface area contributed by atoms with Gasteiger partial charge in [-0.25, -0.2) is 13.4 Å². The van der Waals surface area contributed by atoms with Crippen molar-refractivity contribution in [1.29, 1.82) is 0 Å². The monoisotopic (exact) mass is 385 g/mol. The zero-order chi connectivity index (χ0) is 18.9. The Bertz CT molecular complexity index is 1060. The van der Waals surface area contributed by atoms with Gasteiger partial charge in [0.25, 0.3) is 5.91 Å². The van der Waals surface area contributed by atoms with E-state index >= 15 is 0 Å². The number of aromatic nitrogens is 2. The lowest BCUT2D eigenvalue weighted by atomic mass is 10.2. The van der Waals surface area contributed by atoms with Gasteiger partial charge in [-0.15, -0.1) is 0 Å². The first-order valence-corrected chi connectivity index (χ1v) is 10.5. The van der Waals surface area contributed by atoms with Gasteiger partial charge in [0.15, 0.2) is 9.84 Å². The summed E-state index contributed by atoms with van der Waals surface area (Å²) >= 11 is 0. The van der Waals surface area contributed by atoms with Crippen molar-refractivity contribution in [3.05, 3.63) is 66.1 Å². The van der Waals surface area contributed by atoms with Gasteiger partial charge in [0.05, 0.1) is 17.2 Å². The number of ether oxygens (including phenoxy) is 1. The van der Waals surface area contributed by atoms with Crippen LogP contribution in [0.5, 0.6) is 5.75 Å². The van der Waals surface area contributed by atoms with Crippen molar-refractivity contribution < 1.29 is 17.9 Å². The van der Waals surface area contributed by atoms with E-state index < -0.39 is 9.84 Å². The Morgan fingerprint density at radius 2 is 2.15 bits per heavy atom. The average Bonchev–Trinajstić information content (AvgIpc) is 3.22. The van der Waals surface area contributed by atoms with Crippen LogP contribution in [0.4, 0.5) is 0 Å². The van der Waals surface area contributed by atoms with Gasteiger partial charge in [0.1, 0.15) is 18.0 Å². The first kappa shape index (κ1) is 17.5. The number of nitrogens with one attached hydrogen (secondary N) is 1. The van der Waals surface area contributed by atoms with Crippen LogP contribution >= 0.6 is 0 Å².